The van der Waals surface area contributed by atoms with Crippen LogP contribution in [0.5, 0.6) is 11.5 Å². The van der Waals surface area contributed by atoms with Gasteiger partial charge in [-0.25, -0.2) is 0 Å². The molecule has 3 N–H and O–H groups in total. The molecule has 0 saturated carbocycles. The van der Waals surface area contributed by atoms with Crippen molar-refractivity contribution in [2.75, 3.05) is 6.61 Å². The highest BCUT2D eigenvalue weighted by atomic mass is 32.3. The number of amides is 2. The van der Waals surface area contributed by atoms with Gasteiger partial charge in [-0.05, 0) is 54.3 Å². The molecule has 2 aliphatic heterocycles. The maximum Gasteiger partial charge on any atom is 0.488 e. The highest BCUT2D eigenvalue weighted by Crippen LogP contribution is 2.37. The summed E-state index contributed by atoms with van der Waals surface area (Å²) in [5.74, 6) is -0.372. The van der Waals surface area contributed by atoms with Crippen LogP contribution in [-0.2, 0) is 15.3 Å². The number of benzene rings is 3. The molecule has 0 aliphatic carbocycles. The quantitative estimate of drug-likeness (QED) is 0.293. The van der Waals surface area contributed by atoms with Gasteiger partial charge in [0.2, 0.25) is 5.91 Å². The molecule has 2 heterocycles. The fourth-order valence-corrected chi connectivity index (χ4v) is 6.06. The number of halogens is 1. The first-order valence-electron chi connectivity index (χ1n) is 14.1. The Labute approximate surface area is 250 Å². The van der Waals surface area contributed by atoms with E-state index >= 15 is 0 Å². The molecule has 1 fully saturated rings. The summed E-state index contributed by atoms with van der Waals surface area (Å²) in [6, 6.07) is 18.6. The van der Waals surface area contributed by atoms with E-state index in [9.17, 15) is 21.9 Å². The molecule has 2 atom stereocenters. The summed E-state index contributed by atoms with van der Waals surface area (Å²) in [7, 11) is -5.30. The molecule has 0 bridgehead atoms. The maximum absolute atomic E-state index is 13.7. The first kappa shape index (κ1) is 30.0. The fraction of sp³-hybridized carbons (Fsp3) is 0.323. The smallest absolute Gasteiger partial charge is 0.488 e. The number of hydrogen-bond acceptors (Lipinski definition) is 7. The Bertz CT molecular complexity index is 1640. The minimum absolute atomic E-state index is 0.122. The summed E-state index contributed by atoms with van der Waals surface area (Å²) in [6.45, 7) is 4.35. The Hall–Kier alpha value is -4.45. The summed E-state index contributed by atoms with van der Waals surface area (Å²) < 4.78 is 46.0. The molecule has 226 valence electrons. The molecule has 43 heavy (non-hydrogen) atoms. The maximum atomic E-state index is 13.7. The van der Waals surface area contributed by atoms with E-state index in [2.05, 4.69) is 14.8 Å². The fourth-order valence-electron chi connectivity index (χ4n) is 5.73. The molecule has 0 spiro atoms. The molecule has 1 saturated heterocycles. The summed E-state index contributed by atoms with van der Waals surface area (Å²) in [6.07, 6.45) is 1.96. The van der Waals surface area contributed by atoms with E-state index in [1.54, 1.807) is 30.3 Å². The van der Waals surface area contributed by atoms with Crippen molar-refractivity contribution in [3.8, 4) is 11.5 Å². The van der Waals surface area contributed by atoms with Crippen LogP contribution in [0.1, 0.15) is 78.7 Å². The molecule has 0 radical (unpaired) electrons. The molecule has 10 nitrogen and oxygen atoms in total. The van der Waals surface area contributed by atoms with Crippen molar-refractivity contribution in [3.63, 3.8) is 0 Å². The molecule has 5 rings (SSSR count). The normalized spacial score (nSPS) is 18.6. The van der Waals surface area contributed by atoms with E-state index in [1.807, 2.05) is 38.1 Å². The third-order valence-corrected chi connectivity index (χ3v) is 8.48. The molecule has 0 unspecified atom stereocenters. The number of guanidine groups is 1. The Balaban J connectivity index is 1.52. The van der Waals surface area contributed by atoms with E-state index in [1.165, 1.54) is 23.1 Å². The van der Waals surface area contributed by atoms with Gasteiger partial charge in [-0.1, -0.05) is 60.2 Å². The highest BCUT2D eigenvalue weighted by molar-refractivity contribution is 7.81. The number of ether oxygens (including phenoxy) is 1. The van der Waals surface area contributed by atoms with Gasteiger partial charge in [-0.2, -0.15) is 8.42 Å². The number of nitrogens with zero attached hydrogens (tertiary/aromatic N) is 1. The third-order valence-electron chi connectivity index (χ3n) is 8.09. The number of para-hydroxylation sites is 1. The van der Waals surface area contributed by atoms with E-state index in [4.69, 9.17) is 10.1 Å². The predicted octanol–water partition coefficient (Wildman–Crippen LogP) is 4.94. The number of rotatable bonds is 9. The van der Waals surface area contributed by atoms with E-state index in [0.29, 0.717) is 42.6 Å². The summed E-state index contributed by atoms with van der Waals surface area (Å²) in [5.41, 5.74) is 1.47. The first-order chi connectivity index (χ1) is 20.5. The van der Waals surface area contributed by atoms with E-state index in [-0.39, 0.29) is 36.0 Å². The lowest BCUT2D eigenvalue weighted by molar-refractivity contribution is -0.132. The van der Waals surface area contributed by atoms with Gasteiger partial charge in [-0.3, -0.25) is 19.9 Å². The lowest BCUT2D eigenvalue weighted by atomic mass is 9.85. The van der Waals surface area contributed by atoms with Crippen molar-refractivity contribution in [1.29, 1.82) is 5.41 Å². The first-order valence-corrected chi connectivity index (χ1v) is 15.4. The van der Waals surface area contributed by atoms with Crippen molar-refractivity contribution in [1.82, 2.24) is 15.5 Å². The van der Waals surface area contributed by atoms with Crippen LogP contribution in [0.4, 0.5) is 3.89 Å². The average Bonchev–Trinajstić information content (AvgIpc) is 2.98. The summed E-state index contributed by atoms with van der Waals surface area (Å²) >= 11 is 0. The Morgan fingerprint density at radius 2 is 1.81 bits per heavy atom. The molecule has 2 aliphatic rings. The SMILES string of the molecule is CCC1(CC)CC(=O)N([C@@H](c2cccc(OS(=O)(=O)F)c2)c2cccc(C(=O)N[C@H]3CCOc4ccccc43)c2)C(=N)N1. The van der Waals surface area contributed by atoms with Crippen LogP contribution in [0.25, 0.3) is 0 Å². The van der Waals surface area contributed by atoms with Crippen molar-refractivity contribution >= 4 is 28.3 Å². The molecular formula is C31H33FN4O6S. The second kappa shape index (κ2) is 12.0. The van der Waals surface area contributed by atoms with Crippen LogP contribution in [0.15, 0.2) is 72.8 Å². The van der Waals surface area contributed by atoms with Crippen LogP contribution in [-0.4, -0.2) is 43.2 Å². The van der Waals surface area contributed by atoms with Gasteiger partial charge in [-0.15, -0.1) is 0 Å². The van der Waals surface area contributed by atoms with Crippen molar-refractivity contribution in [2.45, 2.75) is 57.2 Å². The largest absolute Gasteiger partial charge is 0.493 e. The van der Waals surface area contributed by atoms with Crippen LogP contribution >= 0.6 is 0 Å². The highest BCUT2D eigenvalue weighted by Gasteiger charge is 2.42. The van der Waals surface area contributed by atoms with Crippen LogP contribution in [0.3, 0.4) is 0 Å². The summed E-state index contributed by atoms with van der Waals surface area (Å²) in [4.78, 5) is 28.5. The van der Waals surface area contributed by atoms with Gasteiger partial charge in [0.25, 0.3) is 5.91 Å². The monoisotopic (exact) mass is 608 g/mol. The van der Waals surface area contributed by atoms with Gasteiger partial charge < -0.3 is 19.6 Å². The second-order valence-electron chi connectivity index (χ2n) is 10.7. The third kappa shape index (κ3) is 6.48. The topological polar surface area (TPSA) is 138 Å². The molecule has 0 aromatic heterocycles. The lowest BCUT2D eigenvalue weighted by Gasteiger charge is -2.45. The van der Waals surface area contributed by atoms with E-state index in [0.717, 1.165) is 11.3 Å². The Kier molecular flexibility index (Phi) is 8.41. The number of nitrogens with one attached hydrogen (secondary N) is 3. The number of hydrogen-bond donors (Lipinski definition) is 3. The molecule has 12 heteroatoms. The van der Waals surface area contributed by atoms with Crippen molar-refractivity contribution in [3.05, 3.63) is 95.1 Å². The zero-order valence-electron chi connectivity index (χ0n) is 23.8. The standard InChI is InChI=1S/C31H33FN4O6S/c1-3-31(4-2)19-27(37)36(30(33)35-31)28(21-10-8-12-23(18-21)42-43(32,39)40)20-9-7-11-22(17-20)29(38)34-25-15-16-41-26-14-6-5-13-24(25)26/h5-14,17-18,25,28H,3-4,15-16,19H2,1-2H3,(H2,33,35)(H,34,38)/t25-,28+/m0/s1. The zero-order chi connectivity index (χ0) is 30.8. The van der Waals surface area contributed by atoms with Gasteiger partial charge in [0.05, 0.1) is 25.1 Å². The molecule has 2 amide bonds. The molecular weight excluding hydrogens is 575 g/mol. The van der Waals surface area contributed by atoms with Crippen LogP contribution < -0.4 is 19.6 Å². The van der Waals surface area contributed by atoms with Gasteiger partial charge >= 0.3 is 10.5 Å². The van der Waals surface area contributed by atoms with Crippen molar-refractivity contribution in [2.24, 2.45) is 0 Å². The van der Waals surface area contributed by atoms with Gasteiger partial charge in [0, 0.05) is 23.1 Å². The number of carbonyl (C=O) groups is 2. The van der Waals surface area contributed by atoms with Crippen LogP contribution in [0, 0.1) is 5.41 Å². The molecule has 3 aromatic carbocycles. The number of carbonyl (C=O) groups excluding carboxylic acids is 2. The number of fused-ring (bicyclic) bond motifs is 1. The summed E-state index contributed by atoms with van der Waals surface area (Å²) in [5, 5.41) is 15.1. The second-order valence-corrected chi connectivity index (χ2v) is 11.6. The predicted molar refractivity (Wildman–Crippen MR) is 158 cm³/mol. The molecule has 3 aromatic rings. The Morgan fingerprint density at radius 1 is 1.12 bits per heavy atom. The Morgan fingerprint density at radius 3 is 2.51 bits per heavy atom. The lowest BCUT2D eigenvalue weighted by Crippen LogP contribution is -2.62. The van der Waals surface area contributed by atoms with Crippen LogP contribution in [0.2, 0.25) is 0 Å². The van der Waals surface area contributed by atoms with Crippen molar-refractivity contribution < 1.29 is 30.8 Å². The average molecular weight is 609 g/mol. The van der Waals surface area contributed by atoms with E-state index < -0.39 is 22.1 Å². The minimum Gasteiger partial charge on any atom is -0.493 e. The zero-order valence-corrected chi connectivity index (χ0v) is 24.6. The van der Waals surface area contributed by atoms with Gasteiger partial charge in [0.15, 0.2) is 5.96 Å². The van der Waals surface area contributed by atoms with Gasteiger partial charge in [0.1, 0.15) is 11.5 Å². The minimum atomic E-state index is -5.30.